The third-order valence-electron chi connectivity index (χ3n) is 3.51. The number of aldehydes is 1. The van der Waals surface area contributed by atoms with Gasteiger partial charge in [0.2, 0.25) is 0 Å². The molecule has 1 fully saturated rings. The molecular weight excluding hydrogens is 216 g/mol. The predicted octanol–water partition coefficient (Wildman–Crippen LogP) is 1.69. The SMILES string of the molecule is CCN1CCC(Cc2nc(CC=O)co2)CC1. The molecule has 17 heavy (non-hydrogen) atoms. The van der Waals surface area contributed by atoms with Gasteiger partial charge in [-0.2, -0.15) is 0 Å². The summed E-state index contributed by atoms with van der Waals surface area (Å²) in [4.78, 5) is 17.2. The first-order valence-electron chi connectivity index (χ1n) is 6.41. The summed E-state index contributed by atoms with van der Waals surface area (Å²) >= 11 is 0. The lowest BCUT2D eigenvalue weighted by atomic mass is 9.93. The Morgan fingerprint density at radius 2 is 2.29 bits per heavy atom. The van der Waals surface area contributed by atoms with Gasteiger partial charge < -0.3 is 14.1 Å². The van der Waals surface area contributed by atoms with Crippen LogP contribution >= 0.6 is 0 Å². The van der Waals surface area contributed by atoms with Crippen LogP contribution in [0.15, 0.2) is 10.7 Å². The Morgan fingerprint density at radius 3 is 2.94 bits per heavy atom. The first kappa shape index (κ1) is 12.3. The Hall–Kier alpha value is -1.16. The summed E-state index contributed by atoms with van der Waals surface area (Å²) in [5, 5.41) is 0. The number of carbonyl (C=O) groups is 1. The molecule has 1 aromatic heterocycles. The number of piperidine rings is 1. The molecule has 0 spiro atoms. The highest BCUT2D eigenvalue weighted by atomic mass is 16.3. The molecule has 1 aliphatic rings. The van der Waals surface area contributed by atoms with E-state index in [1.54, 1.807) is 6.26 Å². The van der Waals surface area contributed by atoms with Gasteiger partial charge in [-0.25, -0.2) is 4.98 Å². The van der Waals surface area contributed by atoms with Crippen molar-refractivity contribution >= 4 is 6.29 Å². The lowest BCUT2D eigenvalue weighted by Crippen LogP contribution is -2.34. The van der Waals surface area contributed by atoms with Crippen molar-refractivity contribution in [1.82, 2.24) is 9.88 Å². The second-order valence-corrected chi connectivity index (χ2v) is 4.69. The van der Waals surface area contributed by atoms with Crippen molar-refractivity contribution in [3.8, 4) is 0 Å². The molecule has 0 aromatic carbocycles. The molecule has 0 saturated carbocycles. The smallest absolute Gasteiger partial charge is 0.194 e. The first-order valence-corrected chi connectivity index (χ1v) is 6.41. The van der Waals surface area contributed by atoms with E-state index in [1.165, 1.54) is 25.9 Å². The van der Waals surface area contributed by atoms with Gasteiger partial charge in [-0.1, -0.05) is 6.92 Å². The average molecular weight is 236 g/mol. The standard InChI is InChI=1S/C13H20N2O2/c1-2-15-6-3-11(4-7-15)9-13-14-12(5-8-16)10-17-13/h8,10-11H,2-7,9H2,1H3. The highest BCUT2D eigenvalue weighted by Crippen LogP contribution is 2.21. The van der Waals surface area contributed by atoms with Crippen LogP contribution in [-0.2, 0) is 17.6 Å². The van der Waals surface area contributed by atoms with E-state index in [9.17, 15) is 4.79 Å². The molecule has 2 heterocycles. The van der Waals surface area contributed by atoms with Crippen LogP contribution in [0.25, 0.3) is 0 Å². The molecule has 1 aromatic rings. The van der Waals surface area contributed by atoms with Crippen LogP contribution in [0, 0.1) is 5.92 Å². The van der Waals surface area contributed by atoms with Gasteiger partial charge in [0.15, 0.2) is 5.89 Å². The topological polar surface area (TPSA) is 46.3 Å². The van der Waals surface area contributed by atoms with Gasteiger partial charge >= 0.3 is 0 Å². The van der Waals surface area contributed by atoms with Crippen LogP contribution in [0.2, 0.25) is 0 Å². The van der Waals surface area contributed by atoms with E-state index >= 15 is 0 Å². The van der Waals surface area contributed by atoms with Crippen LogP contribution in [0.3, 0.4) is 0 Å². The minimum Gasteiger partial charge on any atom is -0.449 e. The quantitative estimate of drug-likeness (QED) is 0.730. The fraction of sp³-hybridized carbons (Fsp3) is 0.692. The maximum absolute atomic E-state index is 10.4. The Morgan fingerprint density at radius 1 is 1.53 bits per heavy atom. The van der Waals surface area contributed by atoms with Crippen LogP contribution in [-0.4, -0.2) is 35.8 Å². The molecule has 4 nitrogen and oxygen atoms in total. The Bertz CT molecular complexity index is 354. The number of oxazole rings is 1. The summed E-state index contributed by atoms with van der Waals surface area (Å²) in [7, 11) is 0. The number of likely N-dealkylation sites (tertiary alicyclic amines) is 1. The molecule has 0 amide bonds. The number of nitrogens with zero attached hydrogens (tertiary/aromatic N) is 2. The van der Waals surface area contributed by atoms with Gasteiger partial charge in [-0.15, -0.1) is 0 Å². The van der Waals surface area contributed by atoms with Crippen molar-refractivity contribution in [3.05, 3.63) is 17.8 Å². The molecule has 0 unspecified atom stereocenters. The largest absolute Gasteiger partial charge is 0.449 e. The highest BCUT2D eigenvalue weighted by Gasteiger charge is 2.20. The van der Waals surface area contributed by atoms with E-state index in [4.69, 9.17) is 4.42 Å². The molecule has 1 saturated heterocycles. The molecule has 0 bridgehead atoms. The molecule has 0 atom stereocenters. The van der Waals surface area contributed by atoms with Gasteiger partial charge in [-0.3, -0.25) is 0 Å². The summed E-state index contributed by atoms with van der Waals surface area (Å²) in [5.41, 5.74) is 0.751. The minimum absolute atomic E-state index is 0.359. The van der Waals surface area contributed by atoms with E-state index in [0.717, 1.165) is 30.8 Å². The number of hydrogen-bond acceptors (Lipinski definition) is 4. The van der Waals surface area contributed by atoms with E-state index in [1.807, 2.05) is 0 Å². The zero-order valence-electron chi connectivity index (χ0n) is 10.4. The fourth-order valence-corrected chi connectivity index (χ4v) is 2.38. The van der Waals surface area contributed by atoms with Crippen molar-refractivity contribution < 1.29 is 9.21 Å². The van der Waals surface area contributed by atoms with E-state index in [0.29, 0.717) is 12.3 Å². The maximum atomic E-state index is 10.4. The lowest BCUT2D eigenvalue weighted by Gasteiger charge is -2.30. The maximum Gasteiger partial charge on any atom is 0.194 e. The molecule has 4 heteroatoms. The number of carbonyl (C=O) groups excluding carboxylic acids is 1. The Labute approximate surface area is 102 Å². The van der Waals surface area contributed by atoms with Crippen molar-refractivity contribution in [1.29, 1.82) is 0 Å². The number of aromatic nitrogens is 1. The molecular formula is C13H20N2O2. The van der Waals surface area contributed by atoms with E-state index < -0.39 is 0 Å². The van der Waals surface area contributed by atoms with Gasteiger partial charge in [0.25, 0.3) is 0 Å². The van der Waals surface area contributed by atoms with Crippen molar-refractivity contribution in [2.75, 3.05) is 19.6 Å². The first-order chi connectivity index (χ1) is 8.31. The molecule has 0 radical (unpaired) electrons. The monoisotopic (exact) mass is 236 g/mol. The average Bonchev–Trinajstić information content (AvgIpc) is 2.78. The molecule has 2 rings (SSSR count). The lowest BCUT2D eigenvalue weighted by molar-refractivity contribution is -0.107. The van der Waals surface area contributed by atoms with Gasteiger partial charge in [0, 0.05) is 12.8 Å². The Balaban J connectivity index is 1.82. The summed E-state index contributed by atoms with van der Waals surface area (Å²) in [6.45, 7) is 5.72. The summed E-state index contributed by atoms with van der Waals surface area (Å²) in [6.07, 6.45) is 6.18. The van der Waals surface area contributed by atoms with Gasteiger partial charge in [0.1, 0.15) is 12.5 Å². The molecule has 1 aliphatic heterocycles. The van der Waals surface area contributed by atoms with Crippen LogP contribution in [0.1, 0.15) is 31.4 Å². The Kier molecular flexibility index (Phi) is 4.31. The van der Waals surface area contributed by atoms with Crippen LogP contribution < -0.4 is 0 Å². The highest BCUT2D eigenvalue weighted by molar-refractivity contribution is 5.53. The van der Waals surface area contributed by atoms with Gasteiger partial charge in [0.05, 0.1) is 5.69 Å². The summed E-state index contributed by atoms with van der Waals surface area (Å²) in [6, 6.07) is 0. The molecule has 94 valence electrons. The summed E-state index contributed by atoms with van der Waals surface area (Å²) in [5.74, 6) is 1.47. The normalized spacial score (nSPS) is 18.4. The van der Waals surface area contributed by atoms with E-state index in [2.05, 4.69) is 16.8 Å². The van der Waals surface area contributed by atoms with Gasteiger partial charge in [-0.05, 0) is 38.4 Å². The minimum atomic E-state index is 0.359. The number of rotatable bonds is 5. The molecule has 0 N–H and O–H groups in total. The second kappa shape index (κ2) is 5.96. The van der Waals surface area contributed by atoms with Crippen molar-refractivity contribution in [3.63, 3.8) is 0 Å². The summed E-state index contributed by atoms with van der Waals surface area (Å²) < 4.78 is 5.39. The van der Waals surface area contributed by atoms with Crippen LogP contribution in [0.4, 0.5) is 0 Å². The van der Waals surface area contributed by atoms with E-state index in [-0.39, 0.29) is 0 Å². The van der Waals surface area contributed by atoms with Crippen molar-refractivity contribution in [2.45, 2.75) is 32.6 Å². The predicted molar refractivity (Wildman–Crippen MR) is 64.8 cm³/mol. The van der Waals surface area contributed by atoms with Crippen molar-refractivity contribution in [2.24, 2.45) is 5.92 Å². The zero-order chi connectivity index (χ0) is 12.1. The third-order valence-corrected chi connectivity index (χ3v) is 3.51. The second-order valence-electron chi connectivity index (χ2n) is 4.69. The zero-order valence-corrected chi connectivity index (χ0v) is 10.4. The third kappa shape index (κ3) is 3.40. The van der Waals surface area contributed by atoms with Crippen LogP contribution in [0.5, 0.6) is 0 Å². The number of hydrogen-bond donors (Lipinski definition) is 0. The fourth-order valence-electron chi connectivity index (χ4n) is 2.38. The molecule has 0 aliphatic carbocycles.